The van der Waals surface area contributed by atoms with E-state index in [-0.39, 0.29) is 11.4 Å². The summed E-state index contributed by atoms with van der Waals surface area (Å²) in [6, 6.07) is 13.6. The number of carbonyl (C=O) groups excluding carboxylic acids is 1. The van der Waals surface area contributed by atoms with Crippen LogP contribution in [0.15, 0.2) is 48.5 Å². The summed E-state index contributed by atoms with van der Waals surface area (Å²) >= 11 is 0. The largest absolute Gasteiger partial charge is 0.545 e. The van der Waals surface area contributed by atoms with Crippen molar-refractivity contribution in [1.82, 2.24) is 0 Å². The standard InChI is InChI=1S/C18H19FN2O2/c19-15-7-5-14(6-8-15)13-20-9-11-21(12-10-20)17-4-2-1-3-16(17)18(22)23/h1-8H,9-13H2,(H,22,23). The summed E-state index contributed by atoms with van der Waals surface area (Å²) in [5.41, 5.74) is 2.09. The van der Waals surface area contributed by atoms with E-state index in [1.165, 1.54) is 17.0 Å². The van der Waals surface area contributed by atoms with Crippen LogP contribution in [0.1, 0.15) is 15.9 Å². The van der Waals surface area contributed by atoms with E-state index >= 15 is 0 Å². The molecule has 0 radical (unpaired) electrons. The molecule has 4 nitrogen and oxygen atoms in total. The molecule has 0 amide bonds. The molecule has 2 aromatic carbocycles. The minimum absolute atomic E-state index is 0.215. The maximum Gasteiger partial charge on any atom is 0.123 e. The molecule has 2 aromatic rings. The third-order valence-corrected chi connectivity index (χ3v) is 4.30. The smallest absolute Gasteiger partial charge is 0.123 e. The molecule has 0 atom stereocenters. The van der Waals surface area contributed by atoms with Gasteiger partial charge in [-0.15, -0.1) is 0 Å². The molecule has 0 spiro atoms. The van der Waals surface area contributed by atoms with Crippen LogP contribution in [0.4, 0.5) is 10.1 Å². The van der Waals surface area contributed by atoms with Crippen LogP contribution < -0.4 is 14.9 Å². The van der Waals surface area contributed by atoms with Crippen molar-refractivity contribution >= 4 is 11.7 Å². The second kappa shape index (κ2) is 6.79. The number of nitrogens with one attached hydrogen (secondary N) is 1. The zero-order valence-electron chi connectivity index (χ0n) is 12.8. The monoisotopic (exact) mass is 314 g/mol. The molecule has 0 saturated carbocycles. The predicted molar refractivity (Wildman–Crippen MR) is 83.8 cm³/mol. The highest BCUT2D eigenvalue weighted by Gasteiger charge is 2.22. The number of para-hydroxylation sites is 1. The Labute approximate surface area is 134 Å². The molecular formula is C18H19FN2O2. The van der Waals surface area contributed by atoms with Gasteiger partial charge in [0.05, 0.1) is 32.1 Å². The second-order valence-electron chi connectivity index (χ2n) is 5.84. The van der Waals surface area contributed by atoms with Gasteiger partial charge in [0.2, 0.25) is 0 Å². The van der Waals surface area contributed by atoms with E-state index < -0.39 is 5.97 Å². The zero-order valence-corrected chi connectivity index (χ0v) is 12.8. The van der Waals surface area contributed by atoms with Crippen LogP contribution in [0, 0.1) is 5.82 Å². The molecule has 5 heteroatoms. The molecular weight excluding hydrogens is 295 g/mol. The minimum atomic E-state index is -1.14. The van der Waals surface area contributed by atoms with Crippen molar-refractivity contribution in [1.29, 1.82) is 0 Å². The highest BCUT2D eigenvalue weighted by Crippen LogP contribution is 2.19. The number of carbonyl (C=O) groups is 1. The number of rotatable bonds is 4. The normalized spacial score (nSPS) is 15.6. The first-order valence-electron chi connectivity index (χ1n) is 7.77. The van der Waals surface area contributed by atoms with Crippen LogP contribution in [0.3, 0.4) is 0 Å². The van der Waals surface area contributed by atoms with E-state index in [9.17, 15) is 14.3 Å². The number of quaternary nitrogens is 1. The number of hydrogen-bond acceptors (Lipinski definition) is 3. The predicted octanol–water partition coefficient (Wildman–Crippen LogP) is 0.0943. The van der Waals surface area contributed by atoms with Gasteiger partial charge >= 0.3 is 0 Å². The Kier molecular flexibility index (Phi) is 4.57. The Bertz CT molecular complexity index is 680. The maximum atomic E-state index is 12.9. The van der Waals surface area contributed by atoms with E-state index in [0.717, 1.165) is 44.0 Å². The highest BCUT2D eigenvalue weighted by molar-refractivity contribution is 5.93. The van der Waals surface area contributed by atoms with Crippen molar-refractivity contribution in [3.8, 4) is 0 Å². The fourth-order valence-electron chi connectivity index (χ4n) is 3.05. The molecule has 3 rings (SSSR count). The number of halogens is 1. The maximum absolute atomic E-state index is 12.9. The third-order valence-electron chi connectivity index (χ3n) is 4.30. The fourth-order valence-corrected chi connectivity index (χ4v) is 3.05. The van der Waals surface area contributed by atoms with Crippen LogP contribution in [0.25, 0.3) is 0 Å². The van der Waals surface area contributed by atoms with Crippen LogP contribution in [-0.2, 0) is 6.54 Å². The van der Waals surface area contributed by atoms with Crippen molar-refractivity contribution < 1.29 is 19.2 Å². The molecule has 23 heavy (non-hydrogen) atoms. The highest BCUT2D eigenvalue weighted by atomic mass is 19.1. The Balaban J connectivity index is 1.62. The average Bonchev–Trinajstić information content (AvgIpc) is 2.58. The first-order valence-corrected chi connectivity index (χ1v) is 7.77. The molecule has 1 saturated heterocycles. The summed E-state index contributed by atoms with van der Waals surface area (Å²) in [6.07, 6.45) is 0. The zero-order chi connectivity index (χ0) is 16.2. The Morgan fingerprint density at radius 3 is 2.39 bits per heavy atom. The van der Waals surface area contributed by atoms with Crippen LogP contribution in [0.5, 0.6) is 0 Å². The van der Waals surface area contributed by atoms with Crippen LogP contribution >= 0.6 is 0 Å². The summed E-state index contributed by atoms with van der Waals surface area (Å²) in [6.45, 7) is 4.27. The quantitative estimate of drug-likeness (QED) is 0.870. The summed E-state index contributed by atoms with van der Waals surface area (Å²) < 4.78 is 12.9. The number of carboxylic acids is 1. The number of hydrogen-bond donors (Lipinski definition) is 1. The number of piperazine rings is 1. The van der Waals surface area contributed by atoms with Crippen molar-refractivity contribution in [3.63, 3.8) is 0 Å². The second-order valence-corrected chi connectivity index (χ2v) is 5.84. The van der Waals surface area contributed by atoms with Gasteiger partial charge in [0.25, 0.3) is 0 Å². The molecule has 120 valence electrons. The van der Waals surface area contributed by atoms with Crippen molar-refractivity contribution in [3.05, 3.63) is 65.5 Å². The van der Waals surface area contributed by atoms with Crippen molar-refractivity contribution in [2.45, 2.75) is 6.54 Å². The fraction of sp³-hybridized carbons (Fsp3) is 0.278. The minimum Gasteiger partial charge on any atom is -0.545 e. The van der Waals surface area contributed by atoms with Crippen LogP contribution in [-0.4, -0.2) is 32.1 Å². The van der Waals surface area contributed by atoms with E-state index in [1.54, 1.807) is 12.1 Å². The number of anilines is 1. The topological polar surface area (TPSA) is 47.8 Å². The SMILES string of the molecule is O=C([O-])c1ccccc1N1CC[NH+](Cc2ccc(F)cc2)CC1. The molecule has 1 heterocycles. The lowest BCUT2D eigenvalue weighted by atomic mass is 10.1. The molecule has 0 aromatic heterocycles. The van der Waals surface area contributed by atoms with Gasteiger partial charge < -0.3 is 19.7 Å². The van der Waals surface area contributed by atoms with E-state index in [0.29, 0.717) is 0 Å². The van der Waals surface area contributed by atoms with Crippen molar-refractivity contribution in [2.24, 2.45) is 0 Å². The first kappa shape index (κ1) is 15.5. The molecule has 0 unspecified atom stereocenters. The lowest BCUT2D eigenvalue weighted by Gasteiger charge is -2.34. The van der Waals surface area contributed by atoms with E-state index in [4.69, 9.17) is 0 Å². The lowest BCUT2D eigenvalue weighted by Crippen LogP contribution is -3.13. The molecule has 1 fully saturated rings. The molecule has 1 aliphatic rings. The molecule has 1 aliphatic heterocycles. The summed E-state index contributed by atoms with van der Waals surface area (Å²) in [4.78, 5) is 14.7. The summed E-state index contributed by atoms with van der Waals surface area (Å²) in [7, 11) is 0. The van der Waals surface area contributed by atoms with Gasteiger partial charge in [0.1, 0.15) is 12.4 Å². The molecule has 1 N–H and O–H groups in total. The van der Waals surface area contributed by atoms with Gasteiger partial charge in [-0.25, -0.2) is 4.39 Å². The van der Waals surface area contributed by atoms with E-state index in [2.05, 4.69) is 4.90 Å². The number of aromatic carboxylic acids is 1. The number of nitrogens with zero attached hydrogens (tertiary/aromatic N) is 1. The van der Waals surface area contributed by atoms with Gasteiger partial charge in [-0.2, -0.15) is 0 Å². The summed E-state index contributed by atoms with van der Waals surface area (Å²) in [5.74, 6) is -1.35. The van der Waals surface area contributed by atoms with Gasteiger partial charge in [0.15, 0.2) is 0 Å². The van der Waals surface area contributed by atoms with Crippen LogP contribution in [0.2, 0.25) is 0 Å². The Morgan fingerprint density at radius 1 is 1.09 bits per heavy atom. The lowest BCUT2D eigenvalue weighted by molar-refractivity contribution is -0.914. The van der Waals surface area contributed by atoms with Gasteiger partial charge in [-0.05, 0) is 18.2 Å². The Morgan fingerprint density at radius 2 is 1.74 bits per heavy atom. The first-order chi connectivity index (χ1) is 11.1. The summed E-state index contributed by atoms with van der Waals surface area (Å²) in [5, 5.41) is 11.2. The van der Waals surface area contributed by atoms with E-state index in [1.807, 2.05) is 24.3 Å². The van der Waals surface area contributed by atoms with Gasteiger partial charge in [0, 0.05) is 16.8 Å². The average molecular weight is 314 g/mol. The number of carboxylic acid groups (broad SMARTS) is 1. The molecule has 0 bridgehead atoms. The van der Waals surface area contributed by atoms with Crippen molar-refractivity contribution in [2.75, 3.05) is 31.1 Å². The molecule has 0 aliphatic carbocycles. The van der Waals surface area contributed by atoms with Gasteiger partial charge in [-0.1, -0.05) is 30.3 Å². The Hall–Kier alpha value is -2.40. The third kappa shape index (κ3) is 3.68. The number of benzene rings is 2. The van der Waals surface area contributed by atoms with Gasteiger partial charge in [-0.3, -0.25) is 0 Å².